The second kappa shape index (κ2) is 2.84. The molecule has 1 rings (SSSR count). The van der Waals surface area contributed by atoms with Gasteiger partial charge in [-0.15, -0.1) is 0 Å². The normalized spacial score (nSPS) is 40.5. The Kier molecular flexibility index (Phi) is 2.25. The molecule has 1 aliphatic rings. The van der Waals surface area contributed by atoms with E-state index in [4.69, 9.17) is 19.6 Å². The van der Waals surface area contributed by atoms with Gasteiger partial charge in [-0.05, 0) is 6.92 Å². The van der Waals surface area contributed by atoms with Crippen molar-refractivity contribution in [3.8, 4) is 0 Å². The van der Waals surface area contributed by atoms with Crippen molar-refractivity contribution in [3.05, 3.63) is 0 Å². The Labute approximate surface area is 59.6 Å². The van der Waals surface area contributed by atoms with Crippen LogP contribution in [0.1, 0.15) is 13.3 Å². The Bertz CT molecular complexity index is 116. The van der Waals surface area contributed by atoms with Gasteiger partial charge in [-0.3, -0.25) is 0 Å². The van der Waals surface area contributed by atoms with Crippen molar-refractivity contribution in [2.75, 3.05) is 13.7 Å². The first-order chi connectivity index (χ1) is 4.70. The molecular formula is C6H12O4. The van der Waals surface area contributed by atoms with Crippen molar-refractivity contribution >= 4 is 0 Å². The maximum Gasteiger partial charge on any atom is 0.201 e. The first-order valence-electron chi connectivity index (χ1n) is 3.21. The van der Waals surface area contributed by atoms with E-state index in [0.29, 0.717) is 6.42 Å². The van der Waals surface area contributed by atoms with Gasteiger partial charge in [0.1, 0.15) is 6.10 Å². The molecule has 1 N–H and O–H groups in total. The standard InChI is InChI=1S/C6H12O4/c1-6(8-2)3-5(4-7)9-10-6/h5,7H,3-4H2,1-2H3. The van der Waals surface area contributed by atoms with Crippen LogP contribution < -0.4 is 0 Å². The average molecular weight is 148 g/mol. The summed E-state index contributed by atoms with van der Waals surface area (Å²) in [6, 6.07) is 0. The van der Waals surface area contributed by atoms with Crippen LogP contribution in [0.2, 0.25) is 0 Å². The highest BCUT2D eigenvalue weighted by Crippen LogP contribution is 2.27. The van der Waals surface area contributed by atoms with E-state index < -0.39 is 5.79 Å². The summed E-state index contributed by atoms with van der Waals surface area (Å²) in [5, 5.41) is 8.63. The lowest BCUT2D eigenvalue weighted by atomic mass is 10.1. The van der Waals surface area contributed by atoms with Crippen LogP contribution >= 0.6 is 0 Å². The smallest absolute Gasteiger partial charge is 0.201 e. The minimum absolute atomic E-state index is 0.0288. The summed E-state index contributed by atoms with van der Waals surface area (Å²) in [6.45, 7) is 1.74. The van der Waals surface area contributed by atoms with E-state index in [2.05, 4.69) is 0 Å². The molecule has 0 spiro atoms. The SMILES string of the molecule is COC1(C)CC(CO)OO1. The van der Waals surface area contributed by atoms with Crippen LogP contribution in [0.3, 0.4) is 0 Å². The number of rotatable bonds is 2. The molecule has 0 aromatic rings. The van der Waals surface area contributed by atoms with Crippen LogP contribution in [0.5, 0.6) is 0 Å². The summed E-state index contributed by atoms with van der Waals surface area (Å²) in [5.41, 5.74) is 0. The molecule has 0 bridgehead atoms. The molecule has 4 nitrogen and oxygen atoms in total. The molecule has 10 heavy (non-hydrogen) atoms. The van der Waals surface area contributed by atoms with Crippen molar-refractivity contribution in [2.24, 2.45) is 0 Å². The van der Waals surface area contributed by atoms with Gasteiger partial charge in [-0.25, -0.2) is 9.78 Å². The van der Waals surface area contributed by atoms with Crippen LogP contribution in [0, 0.1) is 0 Å². The molecule has 2 unspecified atom stereocenters. The van der Waals surface area contributed by atoms with Crippen LogP contribution in [0.15, 0.2) is 0 Å². The molecule has 0 amide bonds. The molecule has 0 aromatic heterocycles. The molecule has 0 saturated carbocycles. The Morgan fingerprint density at radius 3 is 2.80 bits per heavy atom. The van der Waals surface area contributed by atoms with Gasteiger partial charge in [0.2, 0.25) is 5.79 Å². The van der Waals surface area contributed by atoms with Crippen molar-refractivity contribution in [1.29, 1.82) is 0 Å². The second-order valence-electron chi connectivity index (χ2n) is 2.53. The zero-order chi connectivity index (χ0) is 7.61. The van der Waals surface area contributed by atoms with Crippen molar-refractivity contribution < 1.29 is 19.6 Å². The molecular weight excluding hydrogens is 136 g/mol. The minimum atomic E-state index is -0.673. The Morgan fingerprint density at radius 2 is 2.50 bits per heavy atom. The monoisotopic (exact) mass is 148 g/mol. The van der Waals surface area contributed by atoms with Crippen molar-refractivity contribution in [2.45, 2.75) is 25.2 Å². The first-order valence-corrected chi connectivity index (χ1v) is 3.21. The summed E-state index contributed by atoms with van der Waals surface area (Å²) >= 11 is 0. The highest BCUT2D eigenvalue weighted by atomic mass is 17.2. The summed E-state index contributed by atoms with van der Waals surface area (Å²) < 4.78 is 4.97. The molecule has 0 aliphatic carbocycles. The van der Waals surface area contributed by atoms with E-state index in [0.717, 1.165) is 0 Å². The quantitative estimate of drug-likeness (QED) is 0.562. The van der Waals surface area contributed by atoms with E-state index in [9.17, 15) is 0 Å². The summed E-state index contributed by atoms with van der Waals surface area (Å²) in [6.07, 6.45) is 0.324. The van der Waals surface area contributed by atoms with Crippen LogP contribution in [0.4, 0.5) is 0 Å². The lowest BCUT2D eigenvalue weighted by Crippen LogP contribution is -2.26. The Hall–Kier alpha value is -0.160. The van der Waals surface area contributed by atoms with Crippen molar-refractivity contribution in [3.63, 3.8) is 0 Å². The van der Waals surface area contributed by atoms with E-state index in [-0.39, 0.29) is 12.7 Å². The van der Waals surface area contributed by atoms with Gasteiger partial charge in [0.25, 0.3) is 0 Å². The van der Waals surface area contributed by atoms with Gasteiger partial charge in [-0.1, -0.05) is 0 Å². The second-order valence-corrected chi connectivity index (χ2v) is 2.53. The molecule has 1 saturated heterocycles. The maximum absolute atomic E-state index is 8.63. The van der Waals surface area contributed by atoms with Crippen LogP contribution in [-0.2, 0) is 14.5 Å². The number of aliphatic hydroxyl groups excluding tert-OH is 1. The highest BCUT2D eigenvalue weighted by molar-refractivity contribution is 4.71. The topological polar surface area (TPSA) is 47.9 Å². The zero-order valence-electron chi connectivity index (χ0n) is 6.16. The van der Waals surface area contributed by atoms with E-state index in [1.807, 2.05) is 0 Å². The largest absolute Gasteiger partial charge is 0.394 e. The van der Waals surface area contributed by atoms with Gasteiger partial charge < -0.3 is 9.84 Å². The third-order valence-corrected chi connectivity index (χ3v) is 1.59. The maximum atomic E-state index is 8.63. The molecule has 1 aliphatic heterocycles. The first kappa shape index (κ1) is 7.94. The number of hydrogen-bond acceptors (Lipinski definition) is 4. The van der Waals surface area contributed by atoms with E-state index >= 15 is 0 Å². The van der Waals surface area contributed by atoms with E-state index in [1.54, 1.807) is 14.0 Å². The van der Waals surface area contributed by atoms with E-state index in [1.165, 1.54) is 0 Å². The molecule has 0 aromatic carbocycles. The summed E-state index contributed by atoms with van der Waals surface area (Å²) in [4.78, 5) is 9.54. The Morgan fingerprint density at radius 1 is 1.80 bits per heavy atom. The fourth-order valence-electron chi connectivity index (χ4n) is 0.864. The molecule has 1 heterocycles. The fraction of sp³-hybridized carbons (Fsp3) is 1.00. The summed E-state index contributed by atoms with van der Waals surface area (Å²) in [7, 11) is 1.54. The third-order valence-electron chi connectivity index (χ3n) is 1.59. The number of aliphatic hydroxyl groups is 1. The number of methoxy groups -OCH3 is 1. The molecule has 60 valence electrons. The summed E-state index contributed by atoms with van der Waals surface area (Å²) in [5.74, 6) is -0.673. The predicted octanol–water partition coefficient (Wildman–Crippen LogP) is 0.0618. The third kappa shape index (κ3) is 1.46. The molecule has 0 radical (unpaired) electrons. The molecule has 2 atom stereocenters. The van der Waals surface area contributed by atoms with Gasteiger partial charge in [0.05, 0.1) is 6.61 Å². The highest BCUT2D eigenvalue weighted by Gasteiger charge is 2.38. The average Bonchev–Trinajstić information content (AvgIpc) is 2.33. The van der Waals surface area contributed by atoms with Gasteiger partial charge >= 0.3 is 0 Å². The molecule has 4 heteroatoms. The zero-order valence-corrected chi connectivity index (χ0v) is 6.16. The van der Waals surface area contributed by atoms with Gasteiger partial charge in [-0.2, -0.15) is 0 Å². The number of hydrogen-bond donors (Lipinski definition) is 1. The lowest BCUT2D eigenvalue weighted by Gasteiger charge is -2.16. The lowest BCUT2D eigenvalue weighted by molar-refractivity contribution is -0.379. The minimum Gasteiger partial charge on any atom is -0.394 e. The van der Waals surface area contributed by atoms with Gasteiger partial charge in [0, 0.05) is 13.5 Å². The predicted molar refractivity (Wildman–Crippen MR) is 33.1 cm³/mol. The van der Waals surface area contributed by atoms with Crippen LogP contribution in [0.25, 0.3) is 0 Å². The number of ether oxygens (including phenoxy) is 1. The Balaban J connectivity index is 2.41. The van der Waals surface area contributed by atoms with Gasteiger partial charge in [0.15, 0.2) is 0 Å². The molecule has 1 fully saturated rings. The fourth-order valence-corrected chi connectivity index (χ4v) is 0.864. The van der Waals surface area contributed by atoms with Crippen LogP contribution in [-0.4, -0.2) is 30.7 Å². The van der Waals surface area contributed by atoms with Crippen molar-refractivity contribution in [1.82, 2.24) is 0 Å².